The molecule has 9 heteroatoms. The minimum atomic E-state index is -0.524. The van der Waals surface area contributed by atoms with E-state index in [0.29, 0.717) is 5.92 Å². The molecule has 8 aromatic rings. The Balaban J connectivity index is 0.945. The molecule has 1 N–H and O–H groups in total. The van der Waals surface area contributed by atoms with E-state index in [4.69, 9.17) is 19.9 Å². The predicted molar refractivity (Wildman–Crippen MR) is 308 cm³/mol. The van der Waals surface area contributed by atoms with Crippen LogP contribution < -0.4 is 15.1 Å². The number of nitrogens with zero attached hydrogens (tertiary/aromatic N) is 8. The van der Waals surface area contributed by atoms with Crippen LogP contribution in [0.4, 0.5) is 11.4 Å². The second kappa shape index (κ2) is 22.7. The van der Waals surface area contributed by atoms with Crippen LogP contribution in [0.1, 0.15) is 50.0 Å². The molecule has 0 saturated carbocycles. The summed E-state index contributed by atoms with van der Waals surface area (Å²) in [7, 11) is 1.95. The van der Waals surface area contributed by atoms with Crippen molar-refractivity contribution in [3.05, 3.63) is 283 Å². The smallest absolute Gasteiger partial charge is 0.137 e. The first kappa shape index (κ1) is 48.7. The van der Waals surface area contributed by atoms with Crippen molar-refractivity contribution in [2.45, 2.75) is 39.2 Å². The molecule has 366 valence electrons. The summed E-state index contributed by atoms with van der Waals surface area (Å²) < 4.78 is 4.13. The second-order valence-electron chi connectivity index (χ2n) is 18.6. The van der Waals surface area contributed by atoms with Crippen LogP contribution in [0.2, 0.25) is 0 Å². The molecule has 3 aromatic carbocycles. The van der Waals surface area contributed by atoms with Crippen LogP contribution in [0, 0.1) is 5.92 Å². The summed E-state index contributed by atoms with van der Waals surface area (Å²) in [5.74, 6) is 0.354. The van der Waals surface area contributed by atoms with E-state index in [-0.39, 0.29) is 0 Å². The Kier molecular flexibility index (Phi) is 14.9. The van der Waals surface area contributed by atoms with Gasteiger partial charge < -0.3 is 23.9 Å². The number of hydrogen-bond acceptors (Lipinski definition) is 7. The zero-order valence-corrected chi connectivity index (χ0v) is 42.4. The predicted octanol–water partition coefficient (Wildman–Crippen LogP) is 14.1. The number of likely N-dealkylation sites (N-methyl/N-ethyl adjacent to an activating group) is 1. The third-order valence-electron chi connectivity index (χ3n) is 13.3. The van der Waals surface area contributed by atoms with E-state index in [1.807, 2.05) is 90.6 Å². The first-order valence-corrected chi connectivity index (χ1v) is 25.4. The molecule has 2 aliphatic carbocycles. The fraction of sp³-hybridized carbons (Fsp3) is 0.138. The molecule has 0 bridgehead atoms. The molecule has 2 atom stereocenters. The summed E-state index contributed by atoms with van der Waals surface area (Å²) in [6.07, 6.45) is 47.3. The largest absolute Gasteiger partial charge is 0.329 e. The second-order valence-corrected chi connectivity index (χ2v) is 18.6. The van der Waals surface area contributed by atoms with Crippen LogP contribution in [-0.2, 0) is 6.42 Å². The van der Waals surface area contributed by atoms with Gasteiger partial charge in [0.15, 0.2) is 0 Å². The highest BCUT2D eigenvalue weighted by Gasteiger charge is 2.31. The molecule has 5 heterocycles. The average molecular weight is 968 g/mol. The summed E-state index contributed by atoms with van der Waals surface area (Å²) >= 11 is 0. The van der Waals surface area contributed by atoms with Gasteiger partial charge in [-0.2, -0.15) is 0 Å². The Morgan fingerprint density at radius 1 is 0.743 bits per heavy atom. The molecule has 0 fully saturated rings. The molecule has 1 unspecified atom stereocenters. The van der Waals surface area contributed by atoms with Crippen LogP contribution in [0.3, 0.4) is 0 Å². The molecular formula is C65H61N9. The average Bonchev–Trinajstić information content (AvgIpc) is 4.00. The van der Waals surface area contributed by atoms with Crippen LogP contribution >= 0.6 is 0 Å². The van der Waals surface area contributed by atoms with Gasteiger partial charge in [-0.3, -0.25) is 0 Å². The molecular weight excluding hydrogens is 907 g/mol. The fourth-order valence-electron chi connectivity index (χ4n) is 9.63. The lowest BCUT2D eigenvalue weighted by atomic mass is 9.91. The van der Waals surface area contributed by atoms with Gasteiger partial charge in [-0.15, -0.1) is 0 Å². The third-order valence-corrected chi connectivity index (χ3v) is 13.3. The first-order chi connectivity index (χ1) is 36.4. The Morgan fingerprint density at radius 3 is 2.15 bits per heavy atom. The van der Waals surface area contributed by atoms with Gasteiger partial charge in [-0.25, -0.2) is 19.9 Å². The minimum Gasteiger partial charge on any atom is -0.329 e. The Morgan fingerprint density at radius 2 is 1.45 bits per heavy atom. The van der Waals surface area contributed by atoms with Gasteiger partial charge in [0.1, 0.15) is 11.3 Å². The lowest BCUT2D eigenvalue weighted by molar-refractivity contribution is 0.623. The number of anilines is 2. The van der Waals surface area contributed by atoms with Crippen molar-refractivity contribution in [3.8, 4) is 0 Å². The number of pyridine rings is 2. The Bertz CT molecular complexity index is 3560. The van der Waals surface area contributed by atoms with E-state index in [2.05, 4.69) is 211 Å². The number of imidazole rings is 2. The van der Waals surface area contributed by atoms with E-state index in [9.17, 15) is 0 Å². The van der Waals surface area contributed by atoms with Crippen LogP contribution in [0.5, 0.6) is 0 Å². The number of allylic oxidation sites excluding steroid dienone is 16. The number of benzene rings is 3. The van der Waals surface area contributed by atoms with Crippen molar-refractivity contribution in [3.63, 3.8) is 0 Å². The van der Waals surface area contributed by atoms with Gasteiger partial charge in [0, 0.05) is 65.4 Å². The van der Waals surface area contributed by atoms with Gasteiger partial charge >= 0.3 is 0 Å². The molecule has 74 heavy (non-hydrogen) atoms. The molecule has 0 spiro atoms. The number of nitrogens with one attached hydrogen (secondary N) is 1. The lowest BCUT2D eigenvalue weighted by Crippen LogP contribution is -2.43. The summed E-state index contributed by atoms with van der Waals surface area (Å²) in [6.45, 7) is 7.21. The maximum atomic E-state index is 5.35. The highest BCUT2D eigenvalue weighted by molar-refractivity contribution is 5.89. The fourth-order valence-corrected chi connectivity index (χ4v) is 9.63. The molecule has 0 aliphatic heterocycles. The van der Waals surface area contributed by atoms with Gasteiger partial charge in [0.05, 0.1) is 39.3 Å². The van der Waals surface area contributed by atoms with Crippen molar-refractivity contribution in [1.29, 1.82) is 0 Å². The van der Waals surface area contributed by atoms with Crippen LogP contribution in [0.15, 0.2) is 260 Å². The van der Waals surface area contributed by atoms with Gasteiger partial charge in [-0.1, -0.05) is 134 Å². The Hall–Kier alpha value is -8.92. The number of para-hydroxylation sites is 4. The van der Waals surface area contributed by atoms with Gasteiger partial charge in [0.25, 0.3) is 0 Å². The van der Waals surface area contributed by atoms with Gasteiger partial charge in [0.2, 0.25) is 0 Å². The highest BCUT2D eigenvalue weighted by atomic mass is 15.2. The number of fused-ring (bicyclic) bond motifs is 3. The third kappa shape index (κ3) is 11.1. The zero-order valence-electron chi connectivity index (χ0n) is 42.4. The topological polar surface area (TPSA) is 78.9 Å². The van der Waals surface area contributed by atoms with E-state index < -0.39 is 5.54 Å². The van der Waals surface area contributed by atoms with E-state index >= 15 is 0 Å². The maximum absolute atomic E-state index is 5.35. The van der Waals surface area contributed by atoms with Crippen LogP contribution in [-0.4, -0.2) is 47.9 Å². The molecule has 5 aromatic heterocycles. The number of aromatic nitrogens is 6. The Labute approximate surface area is 434 Å². The normalized spacial score (nSPS) is 17.6. The molecule has 9 nitrogen and oxygen atoms in total. The molecule has 0 saturated heterocycles. The highest BCUT2D eigenvalue weighted by Crippen LogP contribution is 2.37. The van der Waals surface area contributed by atoms with Crippen molar-refractivity contribution < 1.29 is 0 Å². The van der Waals surface area contributed by atoms with Crippen molar-refractivity contribution in [2.24, 2.45) is 5.92 Å². The monoisotopic (exact) mass is 968 g/mol. The minimum absolute atomic E-state index is 0.354. The van der Waals surface area contributed by atoms with Crippen molar-refractivity contribution >= 4 is 50.9 Å². The molecule has 0 radical (unpaired) electrons. The SMILES string of the molecule is C\C=C(/C=C\C=C(/C)N(C(/C=C\CNC)=C/C=C/c1cn2ccccc2n1)c1ccccc1)c1nc2ccccc2nc1C1=CC=CC(C)(N(C2=CC[C@H](Cc3cn4ccccc4n3)C=C2)c2ccccc2)C=C1. The van der Waals surface area contributed by atoms with E-state index in [1.165, 1.54) is 0 Å². The van der Waals surface area contributed by atoms with Gasteiger partial charge in [-0.05, 0) is 143 Å². The number of rotatable bonds is 17. The molecule has 2 aliphatic rings. The molecule has 0 amide bonds. The molecule has 10 rings (SSSR count). The summed E-state index contributed by atoms with van der Waals surface area (Å²) in [6, 6.07) is 41.4. The van der Waals surface area contributed by atoms with Crippen LogP contribution in [0.25, 0.3) is 39.5 Å². The quantitative estimate of drug-likeness (QED) is 0.0911. The first-order valence-electron chi connectivity index (χ1n) is 25.4. The van der Waals surface area contributed by atoms with E-state index in [1.54, 1.807) is 0 Å². The van der Waals surface area contributed by atoms with E-state index in [0.717, 1.165) is 104 Å². The maximum Gasteiger partial charge on any atom is 0.137 e. The summed E-state index contributed by atoms with van der Waals surface area (Å²) in [5, 5.41) is 3.25. The van der Waals surface area contributed by atoms with Crippen molar-refractivity contribution in [2.75, 3.05) is 23.4 Å². The summed E-state index contributed by atoms with van der Waals surface area (Å²) in [4.78, 5) is 25.1. The standard InChI is InChI=1S/C65H61N9/c1-5-51(23-18-22-49(2)73(55-26-8-6-9-27-55)56(31-21-43-66-4)30-19-25-53-47-71-44-16-14-34-61(71)67-53)63-64(70-60-33-13-12-32-59(60)69-63)52-24-20-41-65(3,42-40-52)74(57-28-10-7-11-29-57)58-38-36-50(37-39-58)46-54-48-72-45-17-15-35-62(72)68-54/h5-36,38-42,44-45,47-48,50,66H,37,43,46H2,1-4H3/b23-18-,25-19+,31-21-,49-22+,51-5+,56-30+/t50-,65?/m1/s1. The summed E-state index contributed by atoms with van der Waals surface area (Å²) in [5.41, 5.74) is 13.9. The lowest BCUT2D eigenvalue weighted by Gasteiger charge is -2.41. The number of hydrogen-bond donors (Lipinski definition) is 1. The van der Waals surface area contributed by atoms with Crippen molar-refractivity contribution in [1.82, 2.24) is 34.1 Å². The zero-order chi connectivity index (χ0) is 50.7.